The fourth-order valence-electron chi connectivity index (χ4n) is 3.75. The van der Waals surface area contributed by atoms with Crippen LogP contribution in [0, 0.1) is 11.3 Å². The average molecular weight is 508 g/mol. The van der Waals surface area contributed by atoms with Crippen LogP contribution in [0.5, 0.6) is 0 Å². The Morgan fingerprint density at radius 2 is 1.62 bits per heavy atom. The Bertz CT molecular complexity index is 992. The van der Waals surface area contributed by atoms with Crippen molar-refractivity contribution in [1.29, 1.82) is 5.26 Å². The molecule has 1 aliphatic rings. The fourth-order valence-corrected chi connectivity index (χ4v) is 3.75. The molecule has 0 unspecified atom stereocenters. The minimum Gasteiger partial charge on any atom is -0.375 e. The van der Waals surface area contributed by atoms with Crippen molar-refractivity contribution in [3.05, 3.63) is 70.8 Å². The number of carbonyl (C=O) groups excluding carboxylic acids is 1. The van der Waals surface area contributed by atoms with Crippen LogP contribution >= 0.6 is 12.4 Å². The van der Waals surface area contributed by atoms with Gasteiger partial charge in [0.05, 0.1) is 55.6 Å². The number of ether oxygens (including phenoxy) is 1. The van der Waals surface area contributed by atoms with Crippen LogP contribution in [0.3, 0.4) is 0 Å². The van der Waals surface area contributed by atoms with Gasteiger partial charge in [0.25, 0.3) is 0 Å². The standard InChI is InChI=1S/C22H19F6N3O2.ClH/c23-21(24,25)16-8-14(9-17(10-16)22(26,27)28)12-33-13-18-20(15-4-2-1-3-5-15)31(7-6-29)11-19(32)30-18;/h1-5,8-10,18,20H,7,11-13H2,(H,30,32);1H/t18-,20+;/m1./s1. The van der Waals surface area contributed by atoms with E-state index in [1.807, 2.05) is 6.07 Å². The number of rotatable bonds is 6. The van der Waals surface area contributed by atoms with Crippen molar-refractivity contribution in [2.75, 3.05) is 19.7 Å². The third kappa shape index (κ3) is 6.85. The Hall–Kier alpha value is -2.81. The van der Waals surface area contributed by atoms with E-state index in [1.165, 1.54) is 0 Å². The molecule has 0 bridgehead atoms. The van der Waals surface area contributed by atoms with Gasteiger partial charge in [0.1, 0.15) is 0 Å². The van der Waals surface area contributed by atoms with Crippen LogP contribution in [0.2, 0.25) is 0 Å². The Morgan fingerprint density at radius 1 is 1.03 bits per heavy atom. The second kappa shape index (κ2) is 11.1. The SMILES string of the molecule is Cl.N#CCN1CC(=O)N[C@H](COCc2cc(C(F)(F)F)cc(C(F)(F)F)c2)[C@@H]1c1ccccc1. The van der Waals surface area contributed by atoms with E-state index in [0.717, 1.165) is 5.56 Å². The van der Waals surface area contributed by atoms with Crippen LogP contribution in [0.4, 0.5) is 26.3 Å². The van der Waals surface area contributed by atoms with Gasteiger partial charge < -0.3 is 10.1 Å². The Kier molecular flexibility index (Phi) is 8.94. The summed E-state index contributed by atoms with van der Waals surface area (Å²) in [5, 5.41) is 11.9. The molecule has 184 valence electrons. The number of hydrogen-bond donors (Lipinski definition) is 1. The highest BCUT2D eigenvalue weighted by Gasteiger charge is 2.38. The molecule has 2 aromatic rings. The second-order valence-corrected chi connectivity index (χ2v) is 7.52. The molecule has 0 saturated carbocycles. The highest BCUT2D eigenvalue weighted by Crippen LogP contribution is 2.36. The first-order valence-electron chi connectivity index (χ1n) is 9.80. The zero-order valence-electron chi connectivity index (χ0n) is 17.5. The molecule has 0 aliphatic carbocycles. The molecule has 1 heterocycles. The summed E-state index contributed by atoms with van der Waals surface area (Å²) in [7, 11) is 0. The van der Waals surface area contributed by atoms with E-state index >= 15 is 0 Å². The number of halogens is 7. The average Bonchev–Trinajstić information content (AvgIpc) is 2.73. The summed E-state index contributed by atoms with van der Waals surface area (Å²) < 4.78 is 83.8. The van der Waals surface area contributed by atoms with Gasteiger partial charge in [-0.25, -0.2) is 0 Å². The predicted octanol–water partition coefficient (Wildman–Crippen LogP) is 4.73. The van der Waals surface area contributed by atoms with Crippen LogP contribution in [-0.4, -0.2) is 36.5 Å². The first-order chi connectivity index (χ1) is 15.5. The maximum Gasteiger partial charge on any atom is 0.416 e. The number of nitrogens with zero attached hydrogens (tertiary/aromatic N) is 2. The van der Waals surface area contributed by atoms with E-state index in [-0.39, 0.29) is 49.6 Å². The highest BCUT2D eigenvalue weighted by atomic mass is 35.5. The van der Waals surface area contributed by atoms with Crippen molar-refractivity contribution in [3.8, 4) is 6.07 Å². The molecule has 12 heteroatoms. The van der Waals surface area contributed by atoms with Crippen molar-refractivity contribution in [1.82, 2.24) is 10.2 Å². The van der Waals surface area contributed by atoms with E-state index in [4.69, 9.17) is 10.00 Å². The van der Waals surface area contributed by atoms with Crippen LogP contribution in [0.15, 0.2) is 48.5 Å². The van der Waals surface area contributed by atoms with Crippen LogP contribution in [0.25, 0.3) is 0 Å². The first-order valence-corrected chi connectivity index (χ1v) is 9.80. The topological polar surface area (TPSA) is 65.4 Å². The van der Waals surface area contributed by atoms with Crippen molar-refractivity contribution < 1.29 is 35.9 Å². The highest BCUT2D eigenvalue weighted by molar-refractivity contribution is 5.85. The summed E-state index contributed by atoms with van der Waals surface area (Å²) in [6.45, 7) is -0.803. The van der Waals surface area contributed by atoms with E-state index in [9.17, 15) is 31.1 Å². The van der Waals surface area contributed by atoms with Crippen molar-refractivity contribution in [2.45, 2.75) is 31.0 Å². The molecule has 34 heavy (non-hydrogen) atoms. The van der Waals surface area contributed by atoms with Gasteiger partial charge in [-0.15, -0.1) is 12.4 Å². The molecule has 5 nitrogen and oxygen atoms in total. The van der Waals surface area contributed by atoms with E-state index in [1.54, 1.807) is 35.2 Å². The summed E-state index contributed by atoms with van der Waals surface area (Å²) in [6.07, 6.45) is -9.91. The maximum atomic E-state index is 13.1. The van der Waals surface area contributed by atoms with Crippen molar-refractivity contribution in [3.63, 3.8) is 0 Å². The molecule has 3 rings (SSSR count). The number of alkyl halides is 6. The third-order valence-electron chi connectivity index (χ3n) is 5.10. The summed E-state index contributed by atoms with van der Waals surface area (Å²) >= 11 is 0. The van der Waals surface area contributed by atoms with Gasteiger partial charge in [-0.2, -0.15) is 31.6 Å². The monoisotopic (exact) mass is 507 g/mol. The lowest BCUT2D eigenvalue weighted by Crippen LogP contribution is -2.57. The van der Waals surface area contributed by atoms with Crippen molar-refractivity contribution in [2.24, 2.45) is 0 Å². The van der Waals surface area contributed by atoms with Crippen LogP contribution in [0.1, 0.15) is 28.3 Å². The quantitative estimate of drug-likeness (QED) is 0.453. The lowest BCUT2D eigenvalue weighted by Gasteiger charge is -2.40. The van der Waals surface area contributed by atoms with Gasteiger partial charge in [0.15, 0.2) is 0 Å². The molecule has 0 radical (unpaired) electrons. The maximum absolute atomic E-state index is 13.1. The molecule has 2 aromatic carbocycles. The molecule has 2 atom stereocenters. The van der Waals surface area contributed by atoms with Gasteiger partial charge in [-0.05, 0) is 29.3 Å². The summed E-state index contributed by atoms with van der Waals surface area (Å²) in [6, 6.07) is 11.0. The van der Waals surface area contributed by atoms with Crippen LogP contribution in [-0.2, 0) is 28.5 Å². The van der Waals surface area contributed by atoms with Gasteiger partial charge >= 0.3 is 12.4 Å². The van der Waals surface area contributed by atoms with Gasteiger partial charge in [-0.3, -0.25) is 9.69 Å². The molecular formula is C22H20ClF6N3O2. The Balaban J connectivity index is 0.00000408. The van der Waals surface area contributed by atoms with E-state index < -0.39 is 42.2 Å². The molecule has 1 amide bonds. The van der Waals surface area contributed by atoms with Gasteiger partial charge in [0.2, 0.25) is 5.91 Å². The van der Waals surface area contributed by atoms with Crippen molar-refractivity contribution >= 4 is 18.3 Å². The molecular weight excluding hydrogens is 488 g/mol. The number of benzene rings is 2. The van der Waals surface area contributed by atoms with Gasteiger partial charge in [-0.1, -0.05) is 30.3 Å². The molecule has 1 aliphatic heterocycles. The van der Waals surface area contributed by atoms with Gasteiger partial charge in [0, 0.05) is 0 Å². The number of nitriles is 1. The molecule has 1 N–H and O–H groups in total. The lowest BCUT2D eigenvalue weighted by molar-refractivity contribution is -0.143. The number of nitrogens with one attached hydrogen (secondary N) is 1. The molecule has 1 fully saturated rings. The van der Waals surface area contributed by atoms with E-state index in [2.05, 4.69) is 5.32 Å². The predicted molar refractivity (Wildman–Crippen MR) is 112 cm³/mol. The number of hydrogen-bond acceptors (Lipinski definition) is 4. The second-order valence-electron chi connectivity index (χ2n) is 7.52. The Labute approximate surface area is 197 Å². The normalized spacial score (nSPS) is 19.1. The number of piperazine rings is 1. The smallest absolute Gasteiger partial charge is 0.375 e. The zero-order chi connectivity index (χ0) is 24.2. The fraction of sp³-hybridized carbons (Fsp3) is 0.364. The van der Waals surface area contributed by atoms with Crippen LogP contribution < -0.4 is 5.32 Å². The lowest BCUT2D eigenvalue weighted by atomic mass is 9.95. The molecule has 0 aromatic heterocycles. The first kappa shape index (κ1) is 27.4. The summed E-state index contributed by atoms with van der Waals surface area (Å²) in [5.74, 6) is -0.371. The number of amides is 1. The minimum absolute atomic E-state index is 0. The summed E-state index contributed by atoms with van der Waals surface area (Å²) in [5.41, 5.74) is -2.38. The largest absolute Gasteiger partial charge is 0.416 e. The summed E-state index contributed by atoms with van der Waals surface area (Å²) in [4.78, 5) is 13.7. The van der Waals surface area contributed by atoms with E-state index in [0.29, 0.717) is 12.1 Å². The molecule has 1 saturated heterocycles. The third-order valence-corrected chi connectivity index (χ3v) is 5.10. The Morgan fingerprint density at radius 3 is 2.15 bits per heavy atom. The number of carbonyl (C=O) groups is 1. The minimum atomic E-state index is -4.95. The molecule has 0 spiro atoms. The zero-order valence-corrected chi connectivity index (χ0v) is 18.3.